The Balaban J connectivity index is 3.65. The van der Waals surface area contributed by atoms with E-state index in [-0.39, 0.29) is 6.04 Å². The van der Waals surface area contributed by atoms with Crippen molar-refractivity contribution in [1.82, 2.24) is 10.2 Å². The van der Waals surface area contributed by atoms with Gasteiger partial charge in [0.2, 0.25) is 0 Å². The second-order valence-corrected chi connectivity index (χ2v) is 3.03. The average molecular weight is 174 g/mol. The van der Waals surface area contributed by atoms with Gasteiger partial charge in [-0.15, -0.1) is 0 Å². The highest BCUT2D eigenvalue weighted by molar-refractivity contribution is 7.80. The molecule has 0 bridgehead atoms. The van der Waals surface area contributed by atoms with E-state index >= 15 is 0 Å². The average Bonchev–Trinajstić information content (AvgIpc) is 1.87. The first-order valence-corrected chi connectivity index (χ1v) is 3.90. The summed E-state index contributed by atoms with van der Waals surface area (Å²) in [6.45, 7) is 1.92. The molecule has 0 saturated heterocycles. The third-order valence-electron chi connectivity index (χ3n) is 1.23. The van der Waals surface area contributed by atoms with Gasteiger partial charge in [0.25, 0.3) is 0 Å². The van der Waals surface area contributed by atoms with Crippen LogP contribution in [0.2, 0.25) is 0 Å². The highest BCUT2D eigenvalue weighted by Gasteiger charge is 2.03. The Morgan fingerprint density at radius 3 is 2.64 bits per heavy atom. The number of nitrogens with zero attached hydrogens (tertiary/aromatic N) is 1. The minimum absolute atomic E-state index is 0.127. The molecule has 0 aliphatic carbocycles. The molecule has 3 nitrogen and oxygen atoms in total. The lowest BCUT2D eigenvalue weighted by Crippen LogP contribution is -2.39. The maximum absolute atomic E-state index is 10.1. The van der Waals surface area contributed by atoms with E-state index in [1.807, 2.05) is 21.0 Å². The van der Waals surface area contributed by atoms with Gasteiger partial charge in [-0.2, -0.15) is 0 Å². The minimum Gasteiger partial charge on any atom is -0.360 e. The maximum Gasteiger partial charge on any atom is 0.168 e. The Morgan fingerprint density at radius 1 is 1.73 bits per heavy atom. The summed E-state index contributed by atoms with van der Waals surface area (Å²) in [5.74, 6) is 0. The Kier molecular flexibility index (Phi) is 4.77. The number of carbonyl (C=O) groups excluding carboxylic acids is 1. The van der Waals surface area contributed by atoms with E-state index in [4.69, 9.17) is 12.2 Å². The molecule has 0 heterocycles. The van der Waals surface area contributed by atoms with E-state index in [1.54, 1.807) is 4.90 Å². The number of rotatable bonds is 3. The number of nitrogens with one attached hydrogen (secondary N) is 1. The van der Waals surface area contributed by atoms with Crippen LogP contribution in [0.1, 0.15) is 13.3 Å². The molecule has 1 unspecified atom stereocenters. The summed E-state index contributed by atoms with van der Waals surface area (Å²) in [5, 5.41) is 3.67. The summed E-state index contributed by atoms with van der Waals surface area (Å²) in [6, 6.07) is 0.127. The van der Waals surface area contributed by atoms with Gasteiger partial charge in [-0.05, 0) is 19.1 Å². The fourth-order valence-corrected chi connectivity index (χ4v) is 0.744. The first-order valence-electron chi connectivity index (χ1n) is 3.49. The van der Waals surface area contributed by atoms with E-state index in [9.17, 15) is 4.79 Å². The van der Waals surface area contributed by atoms with Crippen LogP contribution >= 0.6 is 12.2 Å². The zero-order chi connectivity index (χ0) is 8.85. The van der Waals surface area contributed by atoms with Gasteiger partial charge in [0.15, 0.2) is 5.11 Å². The van der Waals surface area contributed by atoms with Gasteiger partial charge in [-0.3, -0.25) is 0 Å². The van der Waals surface area contributed by atoms with E-state index in [0.29, 0.717) is 11.5 Å². The second kappa shape index (κ2) is 5.07. The molecule has 1 N–H and O–H groups in total. The molecule has 0 spiro atoms. The number of hydrogen-bond acceptors (Lipinski definition) is 2. The minimum atomic E-state index is 0.127. The van der Waals surface area contributed by atoms with Crippen molar-refractivity contribution < 1.29 is 4.79 Å². The molecule has 0 amide bonds. The lowest BCUT2D eigenvalue weighted by atomic mass is 10.3. The highest BCUT2D eigenvalue weighted by Crippen LogP contribution is 1.88. The van der Waals surface area contributed by atoms with Crippen LogP contribution in [-0.4, -0.2) is 36.4 Å². The SMILES string of the molecule is CC(CC=O)NC(=S)N(C)C. The molecule has 0 rings (SSSR count). The molecule has 0 aliphatic heterocycles. The lowest BCUT2D eigenvalue weighted by molar-refractivity contribution is -0.108. The number of carbonyl (C=O) groups is 1. The van der Waals surface area contributed by atoms with Crippen LogP contribution in [0.15, 0.2) is 0 Å². The van der Waals surface area contributed by atoms with Crippen molar-refractivity contribution in [3.63, 3.8) is 0 Å². The molecular weight excluding hydrogens is 160 g/mol. The van der Waals surface area contributed by atoms with Gasteiger partial charge in [0, 0.05) is 26.6 Å². The van der Waals surface area contributed by atoms with Crippen LogP contribution in [0, 0.1) is 0 Å². The van der Waals surface area contributed by atoms with Crippen molar-refractivity contribution in [2.75, 3.05) is 14.1 Å². The lowest BCUT2D eigenvalue weighted by Gasteiger charge is -2.18. The molecular formula is C7H14N2OS. The third-order valence-corrected chi connectivity index (χ3v) is 1.71. The normalized spacial score (nSPS) is 11.9. The maximum atomic E-state index is 10.1. The van der Waals surface area contributed by atoms with E-state index in [2.05, 4.69) is 5.32 Å². The molecule has 0 aromatic carbocycles. The number of hydrogen-bond donors (Lipinski definition) is 1. The van der Waals surface area contributed by atoms with Crippen molar-refractivity contribution >= 4 is 23.6 Å². The van der Waals surface area contributed by atoms with Crippen molar-refractivity contribution in [3.05, 3.63) is 0 Å². The quantitative estimate of drug-likeness (QED) is 0.496. The number of thiocarbonyl (C=S) groups is 1. The van der Waals surface area contributed by atoms with Gasteiger partial charge in [-0.1, -0.05) is 0 Å². The summed E-state index contributed by atoms with van der Waals surface area (Å²) >= 11 is 4.97. The molecule has 1 atom stereocenters. The monoisotopic (exact) mass is 174 g/mol. The van der Waals surface area contributed by atoms with Crippen LogP contribution < -0.4 is 5.32 Å². The zero-order valence-corrected chi connectivity index (χ0v) is 7.94. The fraction of sp³-hybridized carbons (Fsp3) is 0.714. The molecule has 0 radical (unpaired) electrons. The standard InChI is InChI=1S/C7H14N2OS/c1-6(4-5-10)8-7(11)9(2)3/h5-6H,4H2,1-3H3,(H,8,11). The molecule has 0 aromatic heterocycles. The molecule has 64 valence electrons. The predicted molar refractivity (Wildman–Crippen MR) is 49.6 cm³/mol. The summed E-state index contributed by atoms with van der Waals surface area (Å²) in [4.78, 5) is 11.9. The van der Waals surface area contributed by atoms with Gasteiger partial charge >= 0.3 is 0 Å². The van der Waals surface area contributed by atoms with Gasteiger partial charge in [0.05, 0.1) is 0 Å². The Labute approximate surface area is 72.8 Å². The summed E-state index contributed by atoms with van der Waals surface area (Å²) in [6.07, 6.45) is 1.38. The van der Waals surface area contributed by atoms with Crippen molar-refractivity contribution in [3.8, 4) is 0 Å². The molecule has 0 aromatic rings. The van der Waals surface area contributed by atoms with Crippen LogP contribution in [0.4, 0.5) is 0 Å². The van der Waals surface area contributed by atoms with Crippen LogP contribution in [0.3, 0.4) is 0 Å². The predicted octanol–water partition coefficient (Wildman–Crippen LogP) is 0.400. The summed E-state index contributed by atoms with van der Waals surface area (Å²) in [5.41, 5.74) is 0. The smallest absolute Gasteiger partial charge is 0.168 e. The number of aldehydes is 1. The van der Waals surface area contributed by atoms with Crippen LogP contribution in [0.5, 0.6) is 0 Å². The van der Waals surface area contributed by atoms with E-state index in [0.717, 1.165) is 6.29 Å². The summed E-state index contributed by atoms with van der Waals surface area (Å²) < 4.78 is 0. The van der Waals surface area contributed by atoms with Crippen molar-refractivity contribution in [2.45, 2.75) is 19.4 Å². The van der Waals surface area contributed by atoms with Gasteiger partial charge < -0.3 is 15.0 Å². The molecule has 11 heavy (non-hydrogen) atoms. The second-order valence-electron chi connectivity index (χ2n) is 2.65. The summed E-state index contributed by atoms with van der Waals surface area (Å²) in [7, 11) is 3.73. The highest BCUT2D eigenvalue weighted by atomic mass is 32.1. The first-order chi connectivity index (χ1) is 5.07. The van der Waals surface area contributed by atoms with Gasteiger partial charge in [-0.25, -0.2) is 0 Å². The molecule has 0 fully saturated rings. The first kappa shape index (κ1) is 10.4. The van der Waals surface area contributed by atoms with Crippen molar-refractivity contribution in [1.29, 1.82) is 0 Å². The Bertz CT molecular complexity index is 147. The molecule has 0 saturated carbocycles. The molecule has 0 aliphatic rings. The van der Waals surface area contributed by atoms with Gasteiger partial charge in [0.1, 0.15) is 6.29 Å². The Morgan fingerprint density at radius 2 is 2.27 bits per heavy atom. The zero-order valence-electron chi connectivity index (χ0n) is 7.13. The Hall–Kier alpha value is -0.640. The fourth-order valence-electron chi connectivity index (χ4n) is 0.543. The van der Waals surface area contributed by atoms with Crippen LogP contribution in [-0.2, 0) is 4.79 Å². The topological polar surface area (TPSA) is 32.3 Å². The van der Waals surface area contributed by atoms with Crippen molar-refractivity contribution in [2.24, 2.45) is 0 Å². The third kappa shape index (κ3) is 4.72. The van der Waals surface area contributed by atoms with E-state index in [1.165, 1.54) is 0 Å². The van der Waals surface area contributed by atoms with Crippen LogP contribution in [0.25, 0.3) is 0 Å². The molecule has 4 heteroatoms. The largest absolute Gasteiger partial charge is 0.360 e. The van der Waals surface area contributed by atoms with E-state index < -0.39 is 0 Å².